The minimum atomic E-state index is 0.502. The highest BCUT2D eigenvalue weighted by Gasteiger charge is 2.20. The summed E-state index contributed by atoms with van der Waals surface area (Å²) in [7, 11) is 1.79. The average Bonchev–Trinajstić information content (AvgIpc) is 2.27. The van der Waals surface area contributed by atoms with Crippen molar-refractivity contribution >= 4 is 0 Å². The molecule has 0 spiro atoms. The zero-order chi connectivity index (χ0) is 12.7. The van der Waals surface area contributed by atoms with Crippen LogP contribution in [0.5, 0.6) is 0 Å². The van der Waals surface area contributed by atoms with Crippen molar-refractivity contribution in [2.24, 2.45) is 5.92 Å². The normalized spacial score (nSPS) is 19.5. The average molecular weight is 240 g/mol. The van der Waals surface area contributed by atoms with E-state index in [-0.39, 0.29) is 0 Å². The lowest BCUT2D eigenvalue weighted by atomic mass is 10.1. The smallest absolute Gasteiger partial charge is 0.0630 e. The molecule has 100 valence electrons. The van der Waals surface area contributed by atoms with Gasteiger partial charge in [0.05, 0.1) is 6.61 Å². The Morgan fingerprint density at radius 1 is 1.41 bits per heavy atom. The summed E-state index contributed by atoms with van der Waals surface area (Å²) < 4.78 is 5.35. The van der Waals surface area contributed by atoms with Gasteiger partial charge in [-0.2, -0.15) is 0 Å². The van der Waals surface area contributed by atoms with E-state index in [2.05, 4.69) is 37.1 Å². The van der Waals surface area contributed by atoms with Crippen molar-refractivity contribution in [2.75, 3.05) is 39.9 Å². The molecule has 0 aromatic heterocycles. The lowest BCUT2D eigenvalue weighted by Gasteiger charge is -2.34. The molecule has 1 aliphatic heterocycles. The Labute approximate surface area is 106 Å². The topological polar surface area (TPSA) is 24.5 Å². The summed E-state index contributed by atoms with van der Waals surface area (Å²) in [6, 6.07) is 0.502. The van der Waals surface area contributed by atoms with Crippen LogP contribution in [0.3, 0.4) is 0 Å². The number of ether oxygens (including phenoxy) is 1. The second kappa shape index (κ2) is 7.85. The first-order valence-electron chi connectivity index (χ1n) is 6.72. The standard InChI is InChI=1S/C14H28N2O/c1-12(2)8-15-9-14(11-17-4)16-7-5-6-13(3)10-16/h6,12,14-15H,5,7-11H2,1-4H3. The van der Waals surface area contributed by atoms with Crippen molar-refractivity contribution in [3.05, 3.63) is 11.6 Å². The molecule has 1 N–H and O–H groups in total. The SMILES string of the molecule is COCC(CNCC(C)C)N1CCC=C(C)C1. The molecule has 0 fully saturated rings. The van der Waals surface area contributed by atoms with Crippen LogP contribution in [0.25, 0.3) is 0 Å². The Balaban J connectivity index is 2.39. The predicted molar refractivity (Wildman–Crippen MR) is 73.3 cm³/mol. The summed E-state index contributed by atoms with van der Waals surface area (Å²) in [6.07, 6.45) is 3.53. The molecule has 17 heavy (non-hydrogen) atoms. The molecule has 0 aliphatic carbocycles. The van der Waals surface area contributed by atoms with Crippen molar-refractivity contribution in [3.63, 3.8) is 0 Å². The maximum Gasteiger partial charge on any atom is 0.0630 e. The number of nitrogens with one attached hydrogen (secondary N) is 1. The van der Waals surface area contributed by atoms with Crippen LogP contribution >= 0.6 is 0 Å². The Bertz CT molecular complexity index is 238. The lowest BCUT2D eigenvalue weighted by Crippen LogP contribution is -2.47. The van der Waals surface area contributed by atoms with Gasteiger partial charge in [0, 0.05) is 32.8 Å². The third kappa shape index (κ3) is 5.66. The molecule has 0 bridgehead atoms. The maximum absolute atomic E-state index is 5.35. The predicted octanol–water partition coefficient (Wildman–Crippen LogP) is 1.90. The van der Waals surface area contributed by atoms with Gasteiger partial charge in [0.2, 0.25) is 0 Å². The molecule has 3 nitrogen and oxygen atoms in total. The van der Waals surface area contributed by atoms with Gasteiger partial charge in [0.1, 0.15) is 0 Å². The van der Waals surface area contributed by atoms with Crippen LogP contribution in [-0.2, 0) is 4.74 Å². The highest BCUT2D eigenvalue weighted by atomic mass is 16.5. The molecule has 1 rings (SSSR count). The van der Waals surface area contributed by atoms with Gasteiger partial charge in [-0.05, 0) is 25.8 Å². The Morgan fingerprint density at radius 2 is 2.18 bits per heavy atom. The first-order chi connectivity index (χ1) is 8.13. The van der Waals surface area contributed by atoms with E-state index in [1.807, 2.05) is 0 Å². The van der Waals surface area contributed by atoms with Crippen molar-refractivity contribution in [1.82, 2.24) is 10.2 Å². The van der Waals surface area contributed by atoms with Gasteiger partial charge >= 0.3 is 0 Å². The van der Waals surface area contributed by atoms with Crippen LogP contribution in [0.2, 0.25) is 0 Å². The quantitative estimate of drug-likeness (QED) is 0.688. The largest absolute Gasteiger partial charge is 0.383 e. The van der Waals surface area contributed by atoms with Crippen LogP contribution < -0.4 is 5.32 Å². The molecular formula is C14H28N2O. The monoisotopic (exact) mass is 240 g/mol. The van der Waals surface area contributed by atoms with Crippen molar-refractivity contribution < 1.29 is 4.74 Å². The molecule has 3 heteroatoms. The molecule has 0 amide bonds. The van der Waals surface area contributed by atoms with Crippen LogP contribution in [-0.4, -0.2) is 50.8 Å². The van der Waals surface area contributed by atoms with E-state index in [1.54, 1.807) is 7.11 Å². The van der Waals surface area contributed by atoms with Gasteiger partial charge in [-0.3, -0.25) is 4.90 Å². The highest BCUT2D eigenvalue weighted by molar-refractivity contribution is 5.05. The molecule has 1 atom stereocenters. The van der Waals surface area contributed by atoms with E-state index in [1.165, 1.54) is 12.0 Å². The Hall–Kier alpha value is -0.380. The highest BCUT2D eigenvalue weighted by Crippen LogP contribution is 2.12. The van der Waals surface area contributed by atoms with Crippen molar-refractivity contribution in [2.45, 2.75) is 33.2 Å². The fourth-order valence-electron chi connectivity index (χ4n) is 2.28. The van der Waals surface area contributed by atoms with E-state index in [0.29, 0.717) is 12.0 Å². The zero-order valence-corrected chi connectivity index (χ0v) is 11.8. The second-order valence-electron chi connectivity index (χ2n) is 5.47. The number of hydrogen-bond donors (Lipinski definition) is 1. The maximum atomic E-state index is 5.35. The summed E-state index contributed by atoms with van der Waals surface area (Å²) in [5, 5.41) is 3.54. The van der Waals surface area contributed by atoms with Gasteiger partial charge in [-0.25, -0.2) is 0 Å². The van der Waals surface area contributed by atoms with Gasteiger partial charge in [-0.15, -0.1) is 0 Å². The summed E-state index contributed by atoms with van der Waals surface area (Å²) in [5.74, 6) is 0.709. The van der Waals surface area contributed by atoms with Crippen molar-refractivity contribution in [1.29, 1.82) is 0 Å². The first kappa shape index (κ1) is 14.7. The molecule has 1 heterocycles. The zero-order valence-electron chi connectivity index (χ0n) is 11.8. The summed E-state index contributed by atoms with van der Waals surface area (Å²) in [4.78, 5) is 2.53. The van der Waals surface area contributed by atoms with Crippen LogP contribution in [0.1, 0.15) is 27.2 Å². The molecule has 0 saturated carbocycles. The summed E-state index contributed by atoms with van der Waals surface area (Å²) in [5.41, 5.74) is 1.49. The first-order valence-corrected chi connectivity index (χ1v) is 6.72. The third-order valence-corrected chi connectivity index (χ3v) is 3.17. The molecule has 0 aromatic rings. The van der Waals surface area contributed by atoms with Crippen LogP contribution in [0.4, 0.5) is 0 Å². The van der Waals surface area contributed by atoms with Crippen molar-refractivity contribution in [3.8, 4) is 0 Å². The molecule has 1 unspecified atom stereocenters. The third-order valence-electron chi connectivity index (χ3n) is 3.17. The summed E-state index contributed by atoms with van der Waals surface area (Å²) in [6.45, 7) is 11.9. The van der Waals surface area contributed by atoms with Gasteiger partial charge < -0.3 is 10.1 Å². The molecular weight excluding hydrogens is 212 g/mol. The lowest BCUT2D eigenvalue weighted by molar-refractivity contribution is 0.0927. The molecule has 0 saturated heterocycles. The minimum absolute atomic E-state index is 0.502. The number of rotatable bonds is 7. The van der Waals surface area contributed by atoms with Gasteiger partial charge in [0.15, 0.2) is 0 Å². The molecule has 0 aromatic carbocycles. The van der Waals surface area contributed by atoms with E-state index in [9.17, 15) is 0 Å². The number of hydrogen-bond acceptors (Lipinski definition) is 3. The Morgan fingerprint density at radius 3 is 2.76 bits per heavy atom. The summed E-state index contributed by atoms with van der Waals surface area (Å²) >= 11 is 0. The molecule has 1 aliphatic rings. The number of methoxy groups -OCH3 is 1. The fourth-order valence-corrected chi connectivity index (χ4v) is 2.28. The minimum Gasteiger partial charge on any atom is -0.383 e. The number of nitrogens with zero attached hydrogens (tertiary/aromatic N) is 1. The van der Waals surface area contributed by atoms with E-state index >= 15 is 0 Å². The van der Waals surface area contributed by atoms with Crippen LogP contribution in [0, 0.1) is 5.92 Å². The molecule has 0 radical (unpaired) electrons. The van der Waals surface area contributed by atoms with Gasteiger partial charge in [-0.1, -0.05) is 25.5 Å². The second-order valence-corrected chi connectivity index (χ2v) is 5.47. The van der Waals surface area contributed by atoms with Crippen LogP contribution in [0.15, 0.2) is 11.6 Å². The van der Waals surface area contributed by atoms with E-state index in [4.69, 9.17) is 4.74 Å². The van der Waals surface area contributed by atoms with Gasteiger partial charge in [0.25, 0.3) is 0 Å². The van der Waals surface area contributed by atoms with E-state index in [0.717, 1.165) is 32.8 Å². The Kier molecular flexibility index (Phi) is 6.78. The fraction of sp³-hybridized carbons (Fsp3) is 0.857. The van der Waals surface area contributed by atoms with E-state index < -0.39 is 0 Å².